The van der Waals surface area contributed by atoms with Gasteiger partial charge in [-0.2, -0.15) is 37.3 Å². The molecular weight excluding hydrogens is 389 g/mol. The normalized spacial score (nSPS) is 12.2. The molecular formula is C24H31KNO3-. The Kier molecular flexibility index (Phi) is 17.2. The van der Waals surface area contributed by atoms with Crippen molar-refractivity contribution in [2.75, 3.05) is 7.11 Å². The fraction of sp³-hybridized carbons (Fsp3) is 0.417. The van der Waals surface area contributed by atoms with Crippen molar-refractivity contribution in [1.29, 1.82) is 0 Å². The summed E-state index contributed by atoms with van der Waals surface area (Å²) < 4.78 is 5.01. The summed E-state index contributed by atoms with van der Waals surface area (Å²) in [6.07, 6.45) is 7.88. The van der Waals surface area contributed by atoms with Crippen LogP contribution in [0.25, 0.3) is 0 Å². The largest absolute Gasteiger partial charge is 1.00 e. The van der Waals surface area contributed by atoms with Gasteiger partial charge in [0.05, 0.1) is 7.11 Å². The van der Waals surface area contributed by atoms with Crippen LogP contribution < -0.4 is 61.4 Å². The summed E-state index contributed by atoms with van der Waals surface area (Å²) in [5.74, 6) is 1.07. The second-order valence-corrected chi connectivity index (χ2v) is 6.54. The first kappa shape index (κ1) is 28.0. The Morgan fingerprint density at radius 3 is 2.14 bits per heavy atom. The Balaban J connectivity index is 0.000000489. The van der Waals surface area contributed by atoms with Gasteiger partial charge in [0.1, 0.15) is 5.75 Å². The van der Waals surface area contributed by atoms with Gasteiger partial charge in [-0.3, -0.25) is 11.1 Å². The molecule has 0 aromatic heterocycles. The van der Waals surface area contributed by atoms with Crippen LogP contribution >= 0.6 is 0 Å². The van der Waals surface area contributed by atoms with Gasteiger partial charge in [-0.15, -0.1) is 5.56 Å². The van der Waals surface area contributed by atoms with Gasteiger partial charge in [0.2, 0.25) is 5.91 Å². The van der Waals surface area contributed by atoms with E-state index >= 15 is 0 Å². The van der Waals surface area contributed by atoms with Crippen LogP contribution in [0.1, 0.15) is 50.7 Å². The minimum atomic E-state index is 0. The van der Waals surface area contributed by atoms with Gasteiger partial charge in [-0.1, -0.05) is 31.9 Å². The Labute approximate surface area is 218 Å². The number of hydrogen-bond donors (Lipinski definition) is 1. The van der Waals surface area contributed by atoms with E-state index in [4.69, 9.17) is 9.53 Å². The van der Waals surface area contributed by atoms with E-state index in [2.05, 4.69) is 30.4 Å². The molecule has 0 aliphatic heterocycles. The molecule has 152 valence electrons. The number of carbonyl (C=O) groups excluding carboxylic acids is 2. The molecule has 0 unspecified atom stereocenters. The molecule has 1 aliphatic rings. The third kappa shape index (κ3) is 13.0. The fourth-order valence-corrected chi connectivity index (χ4v) is 2.93. The molecule has 4 nitrogen and oxygen atoms in total. The molecule has 1 fully saturated rings. The molecule has 2 aromatic rings. The molecule has 0 heterocycles. The first-order chi connectivity index (χ1) is 13.6. The molecule has 1 saturated carbocycles. The van der Waals surface area contributed by atoms with Gasteiger partial charge in [-0.25, -0.2) is 0 Å². The van der Waals surface area contributed by atoms with E-state index in [-0.39, 0.29) is 57.3 Å². The zero-order valence-electron chi connectivity index (χ0n) is 18.2. The van der Waals surface area contributed by atoms with E-state index in [1.165, 1.54) is 31.6 Å². The average Bonchev–Trinajstić information content (AvgIpc) is 3.23. The second kappa shape index (κ2) is 17.8. The van der Waals surface area contributed by atoms with Gasteiger partial charge in [0, 0.05) is 12.5 Å². The maximum Gasteiger partial charge on any atom is 1.00 e. The van der Waals surface area contributed by atoms with Crippen molar-refractivity contribution in [3.05, 3.63) is 65.7 Å². The van der Waals surface area contributed by atoms with Crippen LogP contribution in [0.4, 0.5) is 0 Å². The van der Waals surface area contributed by atoms with Crippen molar-refractivity contribution in [1.82, 2.24) is 5.32 Å². The van der Waals surface area contributed by atoms with Crippen LogP contribution in [-0.4, -0.2) is 25.3 Å². The molecule has 1 N–H and O–H groups in total. The van der Waals surface area contributed by atoms with Gasteiger partial charge in [-0.05, 0) is 37.0 Å². The molecule has 5 heteroatoms. The minimum absolute atomic E-state index is 0. The van der Waals surface area contributed by atoms with E-state index in [0.717, 1.165) is 30.6 Å². The predicted octanol–water partition coefficient (Wildman–Crippen LogP) is 1.47. The number of rotatable bonds is 5. The summed E-state index contributed by atoms with van der Waals surface area (Å²) in [5, 5.41) is 3.08. The Morgan fingerprint density at radius 1 is 1.10 bits per heavy atom. The fourth-order valence-electron chi connectivity index (χ4n) is 2.93. The van der Waals surface area contributed by atoms with E-state index in [1.54, 1.807) is 7.11 Å². The van der Waals surface area contributed by atoms with Gasteiger partial charge >= 0.3 is 51.4 Å². The molecule has 0 bridgehead atoms. The zero-order chi connectivity index (χ0) is 20.6. The number of carbonyl (C=O) groups is 1. The predicted molar refractivity (Wildman–Crippen MR) is 113 cm³/mol. The van der Waals surface area contributed by atoms with Crippen LogP contribution in [0, 0.1) is 6.07 Å². The molecule has 0 spiro atoms. The number of aryl methyl sites for hydroxylation is 1. The van der Waals surface area contributed by atoms with E-state index in [9.17, 15) is 4.79 Å². The van der Waals surface area contributed by atoms with Crippen LogP contribution in [0.5, 0.6) is 5.75 Å². The SMILES string of the molecule is CCc1ccc(OC)cc1.C[C-]=O.O=C(Cc1cc[c-]cc1)NC1CCCC1.[K+]. The maximum atomic E-state index is 11.6. The monoisotopic (exact) mass is 420 g/mol. The summed E-state index contributed by atoms with van der Waals surface area (Å²) in [5.41, 5.74) is 2.41. The van der Waals surface area contributed by atoms with Crippen molar-refractivity contribution in [2.24, 2.45) is 0 Å². The third-order valence-corrected chi connectivity index (χ3v) is 4.44. The van der Waals surface area contributed by atoms with Crippen LogP contribution in [0.3, 0.4) is 0 Å². The van der Waals surface area contributed by atoms with Gasteiger partial charge in [0.15, 0.2) is 0 Å². The van der Waals surface area contributed by atoms with Gasteiger partial charge < -0.3 is 14.8 Å². The Bertz CT molecular complexity index is 645. The Morgan fingerprint density at radius 2 is 1.66 bits per heavy atom. The maximum absolute atomic E-state index is 11.6. The summed E-state index contributed by atoms with van der Waals surface area (Å²) >= 11 is 0. The molecule has 0 saturated heterocycles. The molecule has 0 atom stereocenters. The zero-order valence-corrected chi connectivity index (χ0v) is 21.3. The number of hydrogen-bond acceptors (Lipinski definition) is 3. The number of methoxy groups -OCH3 is 1. The minimum Gasteiger partial charge on any atom is -0.542 e. The van der Waals surface area contributed by atoms with Crippen LogP contribution in [-0.2, 0) is 22.4 Å². The summed E-state index contributed by atoms with van der Waals surface area (Å²) in [4.78, 5) is 20.3. The quantitative estimate of drug-likeness (QED) is 0.589. The van der Waals surface area contributed by atoms with Crippen LogP contribution in [0.2, 0.25) is 0 Å². The molecule has 1 amide bonds. The number of nitrogens with one attached hydrogen (secondary N) is 1. The Hall–Kier alpha value is -0.984. The standard InChI is InChI=1S/C13H16NO.C9H12O.C2H3O.K/c15-13(14-12-8-4-5-9-12)10-11-6-2-1-3-7-11;1-3-8-4-6-9(10-2)7-5-8;1-2-3;/h2-3,6-7,12H,4-5,8-10H2,(H,14,15);4-7H,3H2,1-2H3;1H3;/q-1;;-1;+1. The number of benzene rings is 2. The molecule has 2 aromatic carbocycles. The summed E-state index contributed by atoms with van der Waals surface area (Å²) in [6.45, 7) is 3.46. The summed E-state index contributed by atoms with van der Waals surface area (Å²) in [6, 6.07) is 19.1. The van der Waals surface area contributed by atoms with E-state index in [0.29, 0.717) is 12.5 Å². The topological polar surface area (TPSA) is 55.4 Å². The van der Waals surface area contributed by atoms with Gasteiger partial charge in [0.25, 0.3) is 0 Å². The smallest absolute Gasteiger partial charge is 0.542 e. The van der Waals surface area contributed by atoms with Crippen molar-refractivity contribution < 1.29 is 65.7 Å². The summed E-state index contributed by atoms with van der Waals surface area (Å²) in [7, 11) is 1.68. The van der Waals surface area contributed by atoms with E-state index in [1.807, 2.05) is 36.4 Å². The second-order valence-electron chi connectivity index (χ2n) is 6.54. The number of amides is 1. The van der Waals surface area contributed by atoms with Crippen molar-refractivity contribution >= 4 is 12.2 Å². The van der Waals surface area contributed by atoms with Crippen LogP contribution in [0.15, 0.2) is 48.5 Å². The molecule has 3 rings (SSSR count). The molecule has 0 radical (unpaired) electrons. The molecule has 29 heavy (non-hydrogen) atoms. The first-order valence-electron chi connectivity index (χ1n) is 9.79. The number of ether oxygens (including phenoxy) is 1. The van der Waals surface area contributed by atoms with E-state index < -0.39 is 0 Å². The van der Waals surface area contributed by atoms with Crippen molar-refractivity contribution in [2.45, 2.75) is 58.4 Å². The first-order valence-corrected chi connectivity index (χ1v) is 9.79. The van der Waals surface area contributed by atoms with Crippen molar-refractivity contribution in [3.8, 4) is 5.75 Å². The third-order valence-electron chi connectivity index (χ3n) is 4.44. The van der Waals surface area contributed by atoms with Crippen molar-refractivity contribution in [3.63, 3.8) is 0 Å². The average molecular weight is 421 g/mol. The molecule has 1 aliphatic carbocycles.